The Labute approximate surface area is 141 Å². The molecule has 2 aliphatic heterocycles. The molecule has 1 N–H and O–H groups in total. The molecule has 0 aromatic rings. The average Bonchev–Trinajstić information content (AvgIpc) is 2.60. The second-order valence-electron chi connectivity index (χ2n) is 7.22. The van der Waals surface area contributed by atoms with E-state index < -0.39 is 0 Å². The molecule has 2 saturated heterocycles. The first-order valence-electron chi connectivity index (χ1n) is 9.37. The van der Waals surface area contributed by atoms with Crippen molar-refractivity contribution in [3.05, 3.63) is 0 Å². The van der Waals surface area contributed by atoms with Crippen molar-refractivity contribution in [3.63, 3.8) is 0 Å². The van der Waals surface area contributed by atoms with Crippen LogP contribution < -0.4 is 5.32 Å². The number of amides is 1. The summed E-state index contributed by atoms with van der Waals surface area (Å²) in [6.45, 7) is 11.2. The van der Waals surface area contributed by atoms with Crippen LogP contribution in [0.4, 0.5) is 0 Å². The number of piperidine rings is 1. The molecule has 0 radical (unpaired) electrons. The molecular formula is C18H35N3O2. The molecular weight excluding hydrogens is 290 g/mol. The summed E-state index contributed by atoms with van der Waals surface area (Å²) in [5.41, 5.74) is 0. The van der Waals surface area contributed by atoms with E-state index in [1.165, 1.54) is 12.8 Å². The minimum Gasteiger partial charge on any atom is -0.383 e. The van der Waals surface area contributed by atoms with Crippen LogP contribution in [0.2, 0.25) is 0 Å². The molecule has 2 fully saturated rings. The van der Waals surface area contributed by atoms with Gasteiger partial charge in [0.2, 0.25) is 5.91 Å². The quantitative estimate of drug-likeness (QED) is 0.772. The topological polar surface area (TPSA) is 44.8 Å². The maximum Gasteiger partial charge on any atom is 0.222 e. The molecule has 5 nitrogen and oxygen atoms in total. The number of ether oxygens (including phenoxy) is 1. The Morgan fingerprint density at radius 3 is 2.87 bits per heavy atom. The lowest BCUT2D eigenvalue weighted by Gasteiger charge is -2.41. The zero-order valence-electron chi connectivity index (χ0n) is 15.2. The van der Waals surface area contributed by atoms with Crippen LogP contribution in [-0.4, -0.2) is 74.7 Å². The van der Waals surface area contributed by atoms with E-state index in [1.54, 1.807) is 7.11 Å². The average molecular weight is 325 g/mol. The Kier molecular flexibility index (Phi) is 7.80. The third-order valence-corrected chi connectivity index (χ3v) is 5.65. The standard InChI is InChI=1S/C18H35N3O2/c1-4-17-14-21(9-8-20(17)10-11-23-3)18(22)12-15(2)16-6-5-7-19-13-16/h15-17,19H,4-14H2,1-3H3. The van der Waals surface area contributed by atoms with Gasteiger partial charge in [-0.25, -0.2) is 0 Å². The smallest absolute Gasteiger partial charge is 0.222 e. The Balaban J connectivity index is 1.80. The van der Waals surface area contributed by atoms with Crippen molar-refractivity contribution in [2.24, 2.45) is 11.8 Å². The van der Waals surface area contributed by atoms with Gasteiger partial charge < -0.3 is 15.0 Å². The van der Waals surface area contributed by atoms with Crippen LogP contribution in [-0.2, 0) is 9.53 Å². The predicted molar refractivity (Wildman–Crippen MR) is 93.5 cm³/mol. The second-order valence-corrected chi connectivity index (χ2v) is 7.22. The Hall–Kier alpha value is -0.650. The van der Waals surface area contributed by atoms with Crippen molar-refractivity contribution in [1.29, 1.82) is 0 Å². The summed E-state index contributed by atoms with van der Waals surface area (Å²) in [7, 11) is 1.75. The fraction of sp³-hybridized carbons (Fsp3) is 0.944. The number of hydrogen-bond acceptors (Lipinski definition) is 4. The Morgan fingerprint density at radius 1 is 1.39 bits per heavy atom. The van der Waals surface area contributed by atoms with Crippen molar-refractivity contribution in [1.82, 2.24) is 15.1 Å². The first-order valence-corrected chi connectivity index (χ1v) is 9.37. The van der Waals surface area contributed by atoms with Crippen LogP contribution in [0.5, 0.6) is 0 Å². The maximum absolute atomic E-state index is 12.7. The molecule has 0 aliphatic carbocycles. The van der Waals surface area contributed by atoms with E-state index in [2.05, 4.69) is 29.0 Å². The van der Waals surface area contributed by atoms with Crippen molar-refractivity contribution in [2.75, 3.05) is 53.0 Å². The molecule has 2 heterocycles. The summed E-state index contributed by atoms with van der Waals surface area (Å²) in [6.07, 6.45) is 4.32. The summed E-state index contributed by atoms with van der Waals surface area (Å²) in [6, 6.07) is 0.481. The molecule has 1 amide bonds. The van der Waals surface area contributed by atoms with Gasteiger partial charge in [-0.05, 0) is 44.2 Å². The van der Waals surface area contributed by atoms with E-state index in [1.807, 2.05) is 0 Å². The largest absolute Gasteiger partial charge is 0.383 e. The highest BCUT2D eigenvalue weighted by Gasteiger charge is 2.30. The zero-order valence-corrected chi connectivity index (χ0v) is 15.2. The maximum atomic E-state index is 12.7. The summed E-state index contributed by atoms with van der Waals surface area (Å²) in [5.74, 6) is 1.51. The van der Waals surface area contributed by atoms with Crippen LogP contribution in [0.1, 0.15) is 39.5 Å². The van der Waals surface area contributed by atoms with Crippen molar-refractivity contribution in [3.8, 4) is 0 Å². The molecule has 0 bridgehead atoms. The van der Waals surface area contributed by atoms with Gasteiger partial charge in [-0.3, -0.25) is 9.69 Å². The van der Waals surface area contributed by atoms with E-state index in [4.69, 9.17) is 4.74 Å². The van der Waals surface area contributed by atoms with E-state index in [9.17, 15) is 4.79 Å². The number of piperazine rings is 1. The molecule has 0 saturated carbocycles. The van der Waals surface area contributed by atoms with Gasteiger partial charge in [-0.2, -0.15) is 0 Å². The van der Waals surface area contributed by atoms with Crippen LogP contribution in [0, 0.1) is 11.8 Å². The predicted octanol–water partition coefficient (Wildman–Crippen LogP) is 1.58. The molecule has 5 heteroatoms. The summed E-state index contributed by atoms with van der Waals surface area (Å²) < 4.78 is 5.20. The minimum atomic E-state index is 0.355. The lowest BCUT2D eigenvalue weighted by molar-refractivity contribution is -0.135. The lowest BCUT2D eigenvalue weighted by atomic mass is 9.85. The van der Waals surface area contributed by atoms with E-state index in [-0.39, 0.29) is 0 Å². The summed E-state index contributed by atoms with van der Waals surface area (Å²) >= 11 is 0. The van der Waals surface area contributed by atoms with Crippen molar-refractivity contribution >= 4 is 5.91 Å². The van der Waals surface area contributed by atoms with Gasteiger partial charge >= 0.3 is 0 Å². The highest BCUT2D eigenvalue weighted by molar-refractivity contribution is 5.76. The van der Waals surface area contributed by atoms with E-state index >= 15 is 0 Å². The molecule has 3 atom stereocenters. The number of nitrogens with one attached hydrogen (secondary N) is 1. The van der Waals surface area contributed by atoms with Gasteiger partial charge in [0.05, 0.1) is 6.61 Å². The van der Waals surface area contributed by atoms with Crippen molar-refractivity contribution in [2.45, 2.75) is 45.6 Å². The van der Waals surface area contributed by atoms with Crippen LogP contribution in [0.3, 0.4) is 0 Å². The van der Waals surface area contributed by atoms with Gasteiger partial charge in [-0.1, -0.05) is 13.8 Å². The number of methoxy groups -OCH3 is 1. The summed E-state index contributed by atoms with van der Waals surface area (Å²) in [4.78, 5) is 17.3. The Bertz CT molecular complexity index is 358. The van der Waals surface area contributed by atoms with Crippen molar-refractivity contribution < 1.29 is 9.53 Å². The lowest BCUT2D eigenvalue weighted by Crippen LogP contribution is -2.55. The molecule has 23 heavy (non-hydrogen) atoms. The van der Waals surface area contributed by atoms with Gasteiger partial charge in [0.25, 0.3) is 0 Å². The Morgan fingerprint density at radius 2 is 2.22 bits per heavy atom. The van der Waals surface area contributed by atoms with Gasteiger partial charge in [0.15, 0.2) is 0 Å². The van der Waals surface area contributed by atoms with Crippen LogP contribution in [0.15, 0.2) is 0 Å². The molecule has 0 aromatic carbocycles. The monoisotopic (exact) mass is 325 g/mol. The third-order valence-electron chi connectivity index (χ3n) is 5.65. The van der Waals surface area contributed by atoms with Gasteiger partial charge in [0.1, 0.15) is 0 Å². The number of nitrogens with zero attached hydrogens (tertiary/aromatic N) is 2. The fourth-order valence-corrected chi connectivity index (χ4v) is 3.95. The molecule has 134 valence electrons. The SMILES string of the molecule is CCC1CN(C(=O)CC(C)C2CCCNC2)CCN1CCOC. The molecule has 2 aliphatic rings. The highest BCUT2D eigenvalue weighted by atomic mass is 16.5. The zero-order chi connectivity index (χ0) is 16.7. The number of rotatable bonds is 7. The molecule has 0 aromatic heterocycles. The van der Waals surface area contributed by atoms with E-state index in [0.717, 1.165) is 52.3 Å². The molecule has 0 spiro atoms. The highest BCUT2D eigenvalue weighted by Crippen LogP contribution is 2.24. The van der Waals surface area contributed by atoms with Gasteiger partial charge in [0, 0.05) is 45.8 Å². The van der Waals surface area contributed by atoms with Crippen LogP contribution >= 0.6 is 0 Å². The second kappa shape index (κ2) is 9.60. The first kappa shape index (κ1) is 18.7. The molecule has 2 rings (SSSR count). The van der Waals surface area contributed by atoms with E-state index in [0.29, 0.717) is 30.2 Å². The minimum absolute atomic E-state index is 0.355. The fourth-order valence-electron chi connectivity index (χ4n) is 3.95. The number of carbonyl (C=O) groups is 1. The summed E-state index contributed by atoms with van der Waals surface area (Å²) in [5, 5.41) is 3.47. The number of carbonyl (C=O) groups excluding carboxylic acids is 1. The normalized spacial score (nSPS) is 27.9. The third kappa shape index (κ3) is 5.44. The van der Waals surface area contributed by atoms with Gasteiger partial charge in [-0.15, -0.1) is 0 Å². The molecule has 3 unspecified atom stereocenters. The number of hydrogen-bond donors (Lipinski definition) is 1. The first-order chi connectivity index (χ1) is 11.2. The van der Waals surface area contributed by atoms with Crippen LogP contribution in [0.25, 0.3) is 0 Å².